The Balaban J connectivity index is 2.19. The molecule has 0 amide bonds. The highest BCUT2D eigenvalue weighted by molar-refractivity contribution is 5.60. The second-order valence-corrected chi connectivity index (χ2v) is 3.89. The summed E-state index contributed by atoms with van der Waals surface area (Å²) in [4.78, 5) is 4.33. The van der Waals surface area contributed by atoms with E-state index >= 15 is 0 Å². The minimum atomic E-state index is 0.527. The predicted octanol–water partition coefficient (Wildman–Crippen LogP) is 2.85. The molecule has 3 nitrogen and oxygen atoms in total. The maximum atomic E-state index is 5.54. The molecular weight excluding hydrogens is 210 g/mol. The largest absolute Gasteiger partial charge is 0.340 e. The Morgan fingerprint density at radius 1 is 1.18 bits per heavy atom. The molecule has 0 saturated heterocycles. The molecule has 2 aromatic rings. The van der Waals surface area contributed by atoms with Gasteiger partial charge in [0.2, 0.25) is 0 Å². The van der Waals surface area contributed by atoms with Gasteiger partial charge in [-0.1, -0.05) is 31.2 Å². The molecule has 3 heteroatoms. The number of hydrogen-bond donors (Lipinski definition) is 2. The van der Waals surface area contributed by atoms with Crippen molar-refractivity contribution < 1.29 is 0 Å². The summed E-state index contributed by atoms with van der Waals surface area (Å²) in [5.74, 6) is 0.850. The molecular formula is C14H17N3. The summed E-state index contributed by atoms with van der Waals surface area (Å²) in [6.45, 7) is 2.67. The molecule has 0 saturated carbocycles. The molecule has 88 valence electrons. The van der Waals surface area contributed by atoms with Crippen molar-refractivity contribution in [3.63, 3.8) is 0 Å². The fourth-order valence-electron chi connectivity index (χ4n) is 1.71. The third-order valence-corrected chi connectivity index (χ3v) is 2.72. The fraction of sp³-hybridized carbons (Fsp3) is 0.214. The molecule has 2 rings (SSSR count). The molecule has 0 spiro atoms. The van der Waals surface area contributed by atoms with Crippen LogP contribution in [-0.2, 0) is 13.0 Å². The first-order valence-electron chi connectivity index (χ1n) is 5.83. The van der Waals surface area contributed by atoms with Crippen LogP contribution in [-0.4, -0.2) is 4.98 Å². The number of aryl methyl sites for hydroxylation is 1. The van der Waals surface area contributed by atoms with Crippen LogP contribution in [0.4, 0.5) is 11.5 Å². The third kappa shape index (κ3) is 2.82. The number of benzene rings is 1. The van der Waals surface area contributed by atoms with Crippen molar-refractivity contribution in [1.29, 1.82) is 0 Å². The molecule has 0 aliphatic carbocycles. The minimum absolute atomic E-state index is 0.527. The highest BCUT2D eigenvalue weighted by Crippen LogP contribution is 2.19. The average Bonchev–Trinajstić information content (AvgIpc) is 2.40. The SMILES string of the molecule is CCc1ccccc1Nc1ccc(CN)cn1. The number of rotatable bonds is 4. The molecule has 0 fully saturated rings. The van der Waals surface area contributed by atoms with Gasteiger partial charge in [0, 0.05) is 18.4 Å². The zero-order chi connectivity index (χ0) is 12.1. The summed E-state index contributed by atoms with van der Waals surface area (Å²) in [6, 6.07) is 12.2. The van der Waals surface area contributed by atoms with Gasteiger partial charge in [-0.15, -0.1) is 0 Å². The Labute approximate surface area is 102 Å². The van der Waals surface area contributed by atoms with Crippen LogP contribution in [0.3, 0.4) is 0 Å². The maximum Gasteiger partial charge on any atom is 0.130 e. The molecule has 0 aliphatic heterocycles. The predicted molar refractivity (Wildman–Crippen MR) is 71.2 cm³/mol. The van der Waals surface area contributed by atoms with Gasteiger partial charge < -0.3 is 11.1 Å². The number of hydrogen-bond acceptors (Lipinski definition) is 3. The smallest absolute Gasteiger partial charge is 0.130 e. The molecule has 1 aromatic heterocycles. The maximum absolute atomic E-state index is 5.54. The normalized spacial score (nSPS) is 10.2. The van der Waals surface area contributed by atoms with Crippen LogP contribution >= 0.6 is 0 Å². The summed E-state index contributed by atoms with van der Waals surface area (Å²) < 4.78 is 0. The van der Waals surface area contributed by atoms with Gasteiger partial charge in [0.15, 0.2) is 0 Å². The molecule has 0 radical (unpaired) electrons. The van der Waals surface area contributed by atoms with E-state index in [1.54, 1.807) is 6.20 Å². The Morgan fingerprint density at radius 2 is 2.00 bits per heavy atom. The van der Waals surface area contributed by atoms with Gasteiger partial charge in [0.1, 0.15) is 5.82 Å². The lowest BCUT2D eigenvalue weighted by Crippen LogP contribution is -2.00. The lowest BCUT2D eigenvalue weighted by molar-refractivity contribution is 1.05. The van der Waals surface area contributed by atoms with E-state index in [0.29, 0.717) is 6.54 Å². The molecule has 17 heavy (non-hydrogen) atoms. The standard InChI is InChI=1S/C14H17N3/c1-2-12-5-3-4-6-13(12)17-14-8-7-11(9-15)10-16-14/h3-8,10H,2,9,15H2,1H3,(H,16,17). The quantitative estimate of drug-likeness (QED) is 0.844. The minimum Gasteiger partial charge on any atom is -0.340 e. The van der Waals surface area contributed by atoms with Crippen LogP contribution in [0.25, 0.3) is 0 Å². The van der Waals surface area contributed by atoms with Crippen LogP contribution in [0.1, 0.15) is 18.1 Å². The summed E-state index contributed by atoms with van der Waals surface area (Å²) in [6.07, 6.45) is 2.81. The van der Waals surface area contributed by atoms with Crippen molar-refractivity contribution in [3.8, 4) is 0 Å². The summed E-state index contributed by atoms with van der Waals surface area (Å²) in [7, 11) is 0. The lowest BCUT2D eigenvalue weighted by Gasteiger charge is -2.10. The molecule has 0 bridgehead atoms. The van der Waals surface area contributed by atoms with Crippen molar-refractivity contribution in [1.82, 2.24) is 4.98 Å². The van der Waals surface area contributed by atoms with Crippen molar-refractivity contribution in [2.45, 2.75) is 19.9 Å². The number of anilines is 2. The Kier molecular flexibility index (Phi) is 3.73. The van der Waals surface area contributed by atoms with E-state index in [1.165, 1.54) is 5.56 Å². The highest BCUT2D eigenvalue weighted by atomic mass is 15.0. The number of aromatic nitrogens is 1. The van der Waals surface area contributed by atoms with Crippen LogP contribution in [0, 0.1) is 0 Å². The van der Waals surface area contributed by atoms with E-state index in [4.69, 9.17) is 5.73 Å². The fourth-order valence-corrected chi connectivity index (χ4v) is 1.71. The van der Waals surface area contributed by atoms with Crippen LogP contribution in [0.2, 0.25) is 0 Å². The van der Waals surface area contributed by atoms with Gasteiger partial charge in [-0.3, -0.25) is 0 Å². The molecule has 0 atom stereocenters. The van der Waals surface area contributed by atoms with Crippen molar-refractivity contribution in [2.24, 2.45) is 5.73 Å². The first kappa shape index (κ1) is 11.6. The van der Waals surface area contributed by atoms with E-state index in [0.717, 1.165) is 23.5 Å². The number of nitrogens with two attached hydrogens (primary N) is 1. The van der Waals surface area contributed by atoms with Crippen LogP contribution in [0.15, 0.2) is 42.6 Å². The van der Waals surface area contributed by atoms with Crippen LogP contribution in [0.5, 0.6) is 0 Å². The zero-order valence-corrected chi connectivity index (χ0v) is 9.98. The lowest BCUT2D eigenvalue weighted by atomic mass is 10.1. The van der Waals surface area contributed by atoms with E-state index in [1.807, 2.05) is 18.2 Å². The van der Waals surface area contributed by atoms with Gasteiger partial charge in [0.25, 0.3) is 0 Å². The third-order valence-electron chi connectivity index (χ3n) is 2.72. The van der Waals surface area contributed by atoms with Gasteiger partial charge >= 0.3 is 0 Å². The monoisotopic (exact) mass is 227 g/mol. The Morgan fingerprint density at radius 3 is 2.65 bits per heavy atom. The first-order chi connectivity index (χ1) is 8.33. The zero-order valence-electron chi connectivity index (χ0n) is 9.98. The first-order valence-corrected chi connectivity index (χ1v) is 5.83. The van der Waals surface area contributed by atoms with E-state index in [9.17, 15) is 0 Å². The van der Waals surface area contributed by atoms with Crippen molar-refractivity contribution in [3.05, 3.63) is 53.7 Å². The van der Waals surface area contributed by atoms with Gasteiger partial charge in [-0.05, 0) is 29.7 Å². The van der Waals surface area contributed by atoms with E-state index < -0.39 is 0 Å². The summed E-state index contributed by atoms with van der Waals surface area (Å²) in [5, 5.41) is 3.32. The molecule has 3 N–H and O–H groups in total. The molecule has 0 aliphatic rings. The van der Waals surface area contributed by atoms with Crippen LogP contribution < -0.4 is 11.1 Å². The topological polar surface area (TPSA) is 50.9 Å². The van der Waals surface area contributed by atoms with Crippen molar-refractivity contribution >= 4 is 11.5 Å². The van der Waals surface area contributed by atoms with E-state index in [-0.39, 0.29) is 0 Å². The van der Waals surface area contributed by atoms with Crippen molar-refractivity contribution in [2.75, 3.05) is 5.32 Å². The Hall–Kier alpha value is -1.87. The number of pyridine rings is 1. The number of nitrogens with zero attached hydrogens (tertiary/aromatic N) is 1. The molecule has 1 aromatic carbocycles. The second-order valence-electron chi connectivity index (χ2n) is 3.89. The Bertz CT molecular complexity index is 477. The molecule has 0 unspecified atom stereocenters. The summed E-state index contributed by atoms with van der Waals surface area (Å²) in [5.41, 5.74) is 8.98. The number of para-hydroxylation sites is 1. The summed E-state index contributed by atoms with van der Waals surface area (Å²) >= 11 is 0. The molecule has 1 heterocycles. The number of nitrogens with one attached hydrogen (secondary N) is 1. The van der Waals surface area contributed by atoms with Gasteiger partial charge in [0.05, 0.1) is 0 Å². The highest BCUT2D eigenvalue weighted by Gasteiger charge is 2.00. The average molecular weight is 227 g/mol. The van der Waals surface area contributed by atoms with Gasteiger partial charge in [-0.2, -0.15) is 0 Å². The van der Waals surface area contributed by atoms with Gasteiger partial charge in [-0.25, -0.2) is 4.98 Å². The second kappa shape index (κ2) is 5.46. The van der Waals surface area contributed by atoms with E-state index in [2.05, 4.69) is 35.4 Å².